The van der Waals surface area contributed by atoms with Gasteiger partial charge in [-0.2, -0.15) is 4.98 Å². The second kappa shape index (κ2) is 8.85. The van der Waals surface area contributed by atoms with Gasteiger partial charge in [0.15, 0.2) is 5.75 Å². The molecule has 3 heterocycles. The van der Waals surface area contributed by atoms with E-state index in [-0.39, 0.29) is 5.95 Å². The Balaban J connectivity index is 1.77. The second-order valence-corrected chi connectivity index (χ2v) is 6.62. The third kappa shape index (κ3) is 4.57. The molecule has 2 aromatic rings. The molecule has 8 heteroatoms. The van der Waals surface area contributed by atoms with Gasteiger partial charge in [0.05, 0.1) is 19.4 Å². The molecule has 0 aromatic carbocycles. The summed E-state index contributed by atoms with van der Waals surface area (Å²) in [6.07, 6.45) is 5.31. The summed E-state index contributed by atoms with van der Waals surface area (Å²) in [6, 6.07) is 1.92. The van der Waals surface area contributed by atoms with E-state index in [4.69, 9.17) is 15.2 Å². The van der Waals surface area contributed by atoms with E-state index in [9.17, 15) is 0 Å². The van der Waals surface area contributed by atoms with Crippen LogP contribution in [0.4, 0.5) is 11.8 Å². The van der Waals surface area contributed by atoms with Crippen LogP contribution in [0.25, 0.3) is 11.1 Å². The molecule has 2 aromatic heterocycles. The van der Waals surface area contributed by atoms with E-state index >= 15 is 0 Å². The molecule has 0 saturated carbocycles. The first-order chi connectivity index (χ1) is 13.1. The summed E-state index contributed by atoms with van der Waals surface area (Å²) >= 11 is 0. The predicted molar refractivity (Wildman–Crippen MR) is 106 cm³/mol. The highest BCUT2D eigenvalue weighted by molar-refractivity contribution is 5.78. The van der Waals surface area contributed by atoms with Crippen LogP contribution in [0, 0.1) is 6.92 Å². The van der Waals surface area contributed by atoms with Gasteiger partial charge in [-0.1, -0.05) is 0 Å². The summed E-state index contributed by atoms with van der Waals surface area (Å²) in [7, 11) is 3.40. The van der Waals surface area contributed by atoms with Crippen molar-refractivity contribution in [2.45, 2.75) is 26.2 Å². The molecule has 8 nitrogen and oxygen atoms in total. The van der Waals surface area contributed by atoms with E-state index in [1.807, 2.05) is 13.0 Å². The Morgan fingerprint density at radius 2 is 2.04 bits per heavy atom. The molecule has 0 amide bonds. The number of anilines is 2. The highest BCUT2D eigenvalue weighted by Gasteiger charge is 2.16. The Morgan fingerprint density at radius 1 is 1.26 bits per heavy atom. The highest BCUT2D eigenvalue weighted by Crippen LogP contribution is 2.34. The summed E-state index contributed by atoms with van der Waals surface area (Å²) in [4.78, 5) is 15.4. The molecule has 1 fully saturated rings. The monoisotopic (exact) mass is 372 g/mol. The quantitative estimate of drug-likeness (QED) is 0.682. The summed E-state index contributed by atoms with van der Waals surface area (Å²) in [5.74, 6) is 1.99. The minimum atomic E-state index is 0.237. The molecule has 0 radical (unpaired) electrons. The SMILES string of the molecule is CNc1nc(N)nc(C)c1-c1cnc(OC)c(OCCCN2CCCC2)c1. The molecular formula is C19H28N6O2. The van der Waals surface area contributed by atoms with Gasteiger partial charge in [-0.15, -0.1) is 0 Å². The van der Waals surface area contributed by atoms with Gasteiger partial charge < -0.3 is 25.4 Å². The van der Waals surface area contributed by atoms with Crippen LogP contribution in [0.3, 0.4) is 0 Å². The zero-order valence-electron chi connectivity index (χ0n) is 16.3. The standard InChI is InChI=1S/C19H28N6O2/c1-13-16(17(21-2)24-19(20)23-13)14-11-15(18(26-3)22-12-14)27-10-6-9-25-7-4-5-8-25/h11-12H,4-10H2,1-3H3,(H3,20,21,23,24). The molecule has 0 aliphatic carbocycles. The van der Waals surface area contributed by atoms with Gasteiger partial charge in [0.1, 0.15) is 5.82 Å². The number of pyridine rings is 1. The lowest BCUT2D eigenvalue weighted by Crippen LogP contribution is -2.22. The number of nitrogens with zero attached hydrogens (tertiary/aromatic N) is 4. The fourth-order valence-corrected chi connectivity index (χ4v) is 3.42. The number of nitrogens with two attached hydrogens (primary N) is 1. The summed E-state index contributed by atoms with van der Waals surface area (Å²) in [6.45, 7) is 5.97. The van der Waals surface area contributed by atoms with Crippen LogP contribution in [0.2, 0.25) is 0 Å². The molecule has 0 atom stereocenters. The Morgan fingerprint density at radius 3 is 2.74 bits per heavy atom. The summed E-state index contributed by atoms with van der Waals surface area (Å²) in [5.41, 5.74) is 8.25. The van der Waals surface area contributed by atoms with Crippen molar-refractivity contribution in [3.63, 3.8) is 0 Å². The van der Waals surface area contributed by atoms with Crippen molar-refractivity contribution in [1.82, 2.24) is 19.9 Å². The molecule has 1 aliphatic rings. The first kappa shape index (κ1) is 19.2. The number of aromatic nitrogens is 3. The van der Waals surface area contributed by atoms with Gasteiger partial charge in [-0.25, -0.2) is 9.97 Å². The maximum atomic E-state index is 5.99. The molecule has 0 bridgehead atoms. The second-order valence-electron chi connectivity index (χ2n) is 6.62. The predicted octanol–water partition coefficient (Wildman–Crippen LogP) is 2.34. The van der Waals surface area contributed by atoms with Crippen LogP contribution in [-0.2, 0) is 0 Å². The van der Waals surface area contributed by atoms with E-state index in [0.29, 0.717) is 24.1 Å². The Kier molecular flexibility index (Phi) is 6.28. The zero-order valence-corrected chi connectivity index (χ0v) is 16.3. The molecule has 3 N–H and O–H groups in total. The van der Waals surface area contributed by atoms with Crippen molar-refractivity contribution in [3.8, 4) is 22.8 Å². The van der Waals surface area contributed by atoms with Crippen LogP contribution in [0.1, 0.15) is 25.0 Å². The van der Waals surface area contributed by atoms with E-state index in [1.165, 1.54) is 25.9 Å². The van der Waals surface area contributed by atoms with Crippen LogP contribution in [0.15, 0.2) is 12.3 Å². The van der Waals surface area contributed by atoms with Gasteiger partial charge in [0.25, 0.3) is 5.88 Å². The maximum Gasteiger partial charge on any atom is 0.256 e. The van der Waals surface area contributed by atoms with Crippen molar-refractivity contribution in [2.24, 2.45) is 0 Å². The minimum Gasteiger partial charge on any atom is -0.488 e. The lowest BCUT2D eigenvalue weighted by atomic mass is 10.1. The van der Waals surface area contributed by atoms with Crippen LogP contribution < -0.4 is 20.5 Å². The molecule has 3 rings (SSSR count). The molecule has 27 heavy (non-hydrogen) atoms. The van der Waals surface area contributed by atoms with Crippen molar-refractivity contribution < 1.29 is 9.47 Å². The molecule has 0 unspecified atom stereocenters. The zero-order chi connectivity index (χ0) is 19.2. The third-order valence-corrected chi connectivity index (χ3v) is 4.72. The molecule has 0 spiro atoms. The third-order valence-electron chi connectivity index (χ3n) is 4.72. The highest BCUT2D eigenvalue weighted by atomic mass is 16.5. The lowest BCUT2D eigenvalue weighted by Gasteiger charge is -2.16. The van der Waals surface area contributed by atoms with Gasteiger partial charge in [-0.3, -0.25) is 0 Å². The van der Waals surface area contributed by atoms with E-state index < -0.39 is 0 Å². The molecule has 1 saturated heterocycles. The van der Waals surface area contributed by atoms with Crippen molar-refractivity contribution >= 4 is 11.8 Å². The topological polar surface area (TPSA) is 98.4 Å². The molecular weight excluding hydrogens is 344 g/mol. The number of hydrogen-bond donors (Lipinski definition) is 2. The van der Waals surface area contributed by atoms with Crippen molar-refractivity contribution in [2.75, 3.05) is 51.4 Å². The fourth-order valence-electron chi connectivity index (χ4n) is 3.42. The molecule has 146 valence electrons. The largest absolute Gasteiger partial charge is 0.488 e. The normalized spacial score (nSPS) is 14.3. The van der Waals surface area contributed by atoms with Crippen LogP contribution in [0.5, 0.6) is 11.6 Å². The Hall–Kier alpha value is -2.61. The first-order valence-electron chi connectivity index (χ1n) is 9.33. The minimum absolute atomic E-state index is 0.237. The van der Waals surface area contributed by atoms with Crippen LogP contribution in [-0.4, -0.2) is 60.3 Å². The fraction of sp³-hybridized carbons (Fsp3) is 0.526. The van der Waals surface area contributed by atoms with Crippen molar-refractivity contribution in [1.29, 1.82) is 0 Å². The van der Waals surface area contributed by atoms with Crippen LogP contribution >= 0.6 is 0 Å². The smallest absolute Gasteiger partial charge is 0.256 e. The number of methoxy groups -OCH3 is 1. The number of ether oxygens (including phenoxy) is 2. The number of hydrogen-bond acceptors (Lipinski definition) is 8. The van der Waals surface area contributed by atoms with Gasteiger partial charge in [0, 0.05) is 30.9 Å². The Labute approximate surface area is 160 Å². The number of aryl methyl sites for hydroxylation is 1. The van der Waals surface area contributed by atoms with Gasteiger partial charge >= 0.3 is 0 Å². The lowest BCUT2D eigenvalue weighted by molar-refractivity contribution is 0.252. The number of nitrogens with one attached hydrogen (secondary N) is 1. The van der Waals surface area contributed by atoms with E-state index in [1.54, 1.807) is 20.4 Å². The number of rotatable bonds is 8. The molecule has 1 aliphatic heterocycles. The van der Waals surface area contributed by atoms with Gasteiger partial charge in [0.2, 0.25) is 5.95 Å². The average molecular weight is 372 g/mol. The Bertz CT molecular complexity index is 777. The van der Waals surface area contributed by atoms with E-state index in [0.717, 1.165) is 29.8 Å². The average Bonchev–Trinajstić information content (AvgIpc) is 3.18. The number of nitrogen functional groups attached to an aromatic ring is 1. The first-order valence-corrected chi connectivity index (χ1v) is 9.33. The van der Waals surface area contributed by atoms with E-state index in [2.05, 4.69) is 25.2 Å². The summed E-state index contributed by atoms with van der Waals surface area (Å²) < 4.78 is 11.3. The number of likely N-dealkylation sites (tertiary alicyclic amines) is 1. The van der Waals surface area contributed by atoms with Gasteiger partial charge in [-0.05, 0) is 45.3 Å². The van der Waals surface area contributed by atoms with Crippen molar-refractivity contribution in [3.05, 3.63) is 18.0 Å². The summed E-state index contributed by atoms with van der Waals surface area (Å²) in [5, 5.41) is 3.07. The maximum absolute atomic E-state index is 5.99.